The first kappa shape index (κ1) is 18.9. The van der Waals surface area contributed by atoms with Crippen LogP contribution in [-0.2, 0) is 14.3 Å². The Bertz CT molecular complexity index is 540. The van der Waals surface area contributed by atoms with Crippen molar-refractivity contribution < 1.29 is 18.7 Å². The second kappa shape index (κ2) is 9.77. The summed E-state index contributed by atoms with van der Waals surface area (Å²) in [6.07, 6.45) is 4.05. The van der Waals surface area contributed by atoms with Crippen LogP contribution in [0.15, 0.2) is 30.3 Å². The van der Waals surface area contributed by atoms with Crippen molar-refractivity contribution in [3.63, 3.8) is 0 Å². The van der Waals surface area contributed by atoms with Crippen LogP contribution in [0.25, 0.3) is 6.08 Å². The molecule has 0 aliphatic carbocycles. The maximum atomic E-state index is 12.9. The summed E-state index contributed by atoms with van der Waals surface area (Å²) >= 11 is 0. The van der Waals surface area contributed by atoms with Crippen molar-refractivity contribution in [1.82, 2.24) is 4.90 Å². The lowest BCUT2D eigenvalue weighted by atomic mass is 10.1. The van der Waals surface area contributed by atoms with Crippen molar-refractivity contribution in [2.75, 3.05) is 13.2 Å². The SMILES string of the molecule is CCOC(=O)CCN(C(=O)/C=C/c1ccc(F)cc1)C(C)CC. The smallest absolute Gasteiger partial charge is 0.307 e. The molecule has 4 nitrogen and oxygen atoms in total. The number of amides is 1. The largest absolute Gasteiger partial charge is 0.466 e. The highest BCUT2D eigenvalue weighted by Crippen LogP contribution is 2.09. The van der Waals surface area contributed by atoms with E-state index >= 15 is 0 Å². The van der Waals surface area contributed by atoms with E-state index in [-0.39, 0.29) is 30.2 Å². The van der Waals surface area contributed by atoms with Crippen LogP contribution in [0.5, 0.6) is 0 Å². The average molecular weight is 321 g/mol. The van der Waals surface area contributed by atoms with Gasteiger partial charge in [0.05, 0.1) is 13.0 Å². The molecular formula is C18H24FNO3. The second-order valence-electron chi connectivity index (χ2n) is 5.23. The molecule has 126 valence electrons. The molecule has 5 heteroatoms. The number of carbonyl (C=O) groups excluding carboxylic acids is 2. The van der Waals surface area contributed by atoms with Crippen LogP contribution in [0.4, 0.5) is 4.39 Å². The van der Waals surface area contributed by atoms with Gasteiger partial charge in [-0.1, -0.05) is 19.1 Å². The molecule has 0 saturated heterocycles. The monoisotopic (exact) mass is 321 g/mol. The van der Waals surface area contributed by atoms with Crippen molar-refractivity contribution in [1.29, 1.82) is 0 Å². The molecule has 1 aromatic rings. The van der Waals surface area contributed by atoms with Gasteiger partial charge in [-0.25, -0.2) is 4.39 Å². The molecule has 1 rings (SSSR count). The highest BCUT2D eigenvalue weighted by Gasteiger charge is 2.18. The Labute approximate surface area is 136 Å². The van der Waals surface area contributed by atoms with Gasteiger partial charge < -0.3 is 9.64 Å². The maximum Gasteiger partial charge on any atom is 0.307 e. The number of nitrogens with zero attached hydrogens (tertiary/aromatic N) is 1. The molecule has 1 unspecified atom stereocenters. The standard InChI is InChI=1S/C18H24FNO3/c1-4-14(3)20(13-12-18(22)23-5-2)17(21)11-8-15-6-9-16(19)10-7-15/h6-11,14H,4-5,12-13H2,1-3H3/b11-8+. The molecule has 0 aliphatic rings. The Hall–Kier alpha value is -2.17. The van der Waals surface area contributed by atoms with E-state index in [1.807, 2.05) is 13.8 Å². The van der Waals surface area contributed by atoms with E-state index in [2.05, 4.69) is 0 Å². The molecule has 0 aromatic heterocycles. The number of benzene rings is 1. The van der Waals surface area contributed by atoms with E-state index in [9.17, 15) is 14.0 Å². The summed E-state index contributed by atoms with van der Waals surface area (Å²) in [7, 11) is 0. The quantitative estimate of drug-likeness (QED) is 0.544. The lowest BCUT2D eigenvalue weighted by molar-refractivity contribution is -0.144. The predicted molar refractivity (Wildman–Crippen MR) is 88.2 cm³/mol. The Kier molecular flexibility index (Phi) is 8.02. The molecule has 1 atom stereocenters. The van der Waals surface area contributed by atoms with Crippen molar-refractivity contribution in [3.05, 3.63) is 41.7 Å². The normalized spacial score (nSPS) is 12.2. The van der Waals surface area contributed by atoms with Crippen LogP contribution in [0, 0.1) is 5.82 Å². The van der Waals surface area contributed by atoms with Gasteiger partial charge >= 0.3 is 5.97 Å². The van der Waals surface area contributed by atoms with Crippen LogP contribution in [0.2, 0.25) is 0 Å². The number of hydrogen-bond acceptors (Lipinski definition) is 3. The van der Waals surface area contributed by atoms with Crippen molar-refractivity contribution >= 4 is 18.0 Å². The zero-order valence-corrected chi connectivity index (χ0v) is 13.9. The molecule has 0 N–H and O–H groups in total. The van der Waals surface area contributed by atoms with E-state index in [1.54, 1.807) is 30.0 Å². The minimum Gasteiger partial charge on any atom is -0.466 e. The van der Waals surface area contributed by atoms with Crippen LogP contribution in [0.3, 0.4) is 0 Å². The van der Waals surface area contributed by atoms with Gasteiger partial charge in [0.15, 0.2) is 0 Å². The molecule has 0 spiro atoms. The van der Waals surface area contributed by atoms with Crippen LogP contribution < -0.4 is 0 Å². The van der Waals surface area contributed by atoms with Crippen LogP contribution >= 0.6 is 0 Å². The summed E-state index contributed by atoms with van der Waals surface area (Å²) in [5.41, 5.74) is 0.745. The molecule has 0 bridgehead atoms. The summed E-state index contributed by atoms with van der Waals surface area (Å²) in [5, 5.41) is 0. The zero-order chi connectivity index (χ0) is 17.2. The van der Waals surface area contributed by atoms with E-state index in [0.29, 0.717) is 13.2 Å². The van der Waals surface area contributed by atoms with Crippen LogP contribution in [-0.4, -0.2) is 36.0 Å². The Morgan fingerprint density at radius 1 is 1.26 bits per heavy atom. The van der Waals surface area contributed by atoms with E-state index < -0.39 is 0 Å². The molecule has 0 aliphatic heterocycles. The first-order valence-electron chi connectivity index (χ1n) is 7.87. The minimum absolute atomic E-state index is 0.0230. The Morgan fingerprint density at radius 3 is 2.48 bits per heavy atom. The highest BCUT2D eigenvalue weighted by atomic mass is 19.1. The maximum absolute atomic E-state index is 12.9. The number of halogens is 1. The van der Waals surface area contributed by atoms with Gasteiger partial charge in [-0.3, -0.25) is 9.59 Å². The summed E-state index contributed by atoms with van der Waals surface area (Å²) in [6.45, 7) is 6.33. The first-order valence-corrected chi connectivity index (χ1v) is 7.87. The third-order valence-electron chi connectivity index (χ3n) is 3.56. The lowest BCUT2D eigenvalue weighted by Gasteiger charge is -2.27. The Morgan fingerprint density at radius 2 is 1.91 bits per heavy atom. The minimum atomic E-state index is -0.316. The highest BCUT2D eigenvalue weighted by molar-refractivity contribution is 5.92. The molecule has 23 heavy (non-hydrogen) atoms. The van der Waals surface area contributed by atoms with Crippen LogP contribution in [0.1, 0.15) is 39.2 Å². The summed E-state index contributed by atoms with van der Waals surface area (Å²) in [5.74, 6) is -0.798. The van der Waals surface area contributed by atoms with Gasteiger partial charge in [0.2, 0.25) is 5.91 Å². The van der Waals surface area contributed by atoms with E-state index in [0.717, 1.165) is 12.0 Å². The van der Waals surface area contributed by atoms with E-state index in [4.69, 9.17) is 4.74 Å². The number of carbonyl (C=O) groups is 2. The molecule has 0 radical (unpaired) electrons. The van der Waals surface area contributed by atoms with E-state index in [1.165, 1.54) is 18.2 Å². The zero-order valence-electron chi connectivity index (χ0n) is 13.9. The van der Waals surface area contributed by atoms with Gasteiger partial charge in [0.25, 0.3) is 0 Å². The Balaban J connectivity index is 2.71. The van der Waals surface area contributed by atoms with Crippen molar-refractivity contribution in [2.45, 2.75) is 39.7 Å². The van der Waals surface area contributed by atoms with Gasteiger partial charge in [0, 0.05) is 18.7 Å². The van der Waals surface area contributed by atoms with Gasteiger partial charge in [-0.2, -0.15) is 0 Å². The van der Waals surface area contributed by atoms with Crippen molar-refractivity contribution in [2.24, 2.45) is 0 Å². The number of esters is 1. The molecule has 1 aromatic carbocycles. The fourth-order valence-electron chi connectivity index (χ4n) is 2.05. The molecular weight excluding hydrogens is 297 g/mol. The first-order chi connectivity index (χ1) is 11.0. The summed E-state index contributed by atoms with van der Waals surface area (Å²) in [4.78, 5) is 25.5. The third kappa shape index (κ3) is 6.63. The van der Waals surface area contributed by atoms with Gasteiger partial charge in [-0.05, 0) is 44.0 Å². The molecule has 0 saturated carbocycles. The third-order valence-corrected chi connectivity index (χ3v) is 3.56. The summed E-state index contributed by atoms with van der Waals surface area (Å²) in [6, 6.07) is 5.92. The fraction of sp³-hybridized carbons (Fsp3) is 0.444. The lowest BCUT2D eigenvalue weighted by Crippen LogP contribution is -2.38. The summed E-state index contributed by atoms with van der Waals surface area (Å²) < 4.78 is 17.8. The number of hydrogen-bond donors (Lipinski definition) is 0. The molecule has 0 fully saturated rings. The average Bonchev–Trinajstić information content (AvgIpc) is 2.54. The number of ether oxygens (including phenoxy) is 1. The molecule has 0 heterocycles. The van der Waals surface area contributed by atoms with Gasteiger partial charge in [0.1, 0.15) is 5.82 Å². The second-order valence-corrected chi connectivity index (χ2v) is 5.23. The fourth-order valence-corrected chi connectivity index (χ4v) is 2.05. The predicted octanol–water partition coefficient (Wildman–Crippen LogP) is 3.42. The van der Waals surface area contributed by atoms with Gasteiger partial charge in [-0.15, -0.1) is 0 Å². The molecule has 1 amide bonds. The number of rotatable bonds is 8. The topological polar surface area (TPSA) is 46.6 Å². The van der Waals surface area contributed by atoms with Crippen molar-refractivity contribution in [3.8, 4) is 0 Å².